The summed E-state index contributed by atoms with van der Waals surface area (Å²) in [5.41, 5.74) is 1.70. The highest BCUT2D eigenvalue weighted by molar-refractivity contribution is 9.10. The van der Waals surface area contributed by atoms with Crippen LogP contribution < -0.4 is 14.8 Å². The second kappa shape index (κ2) is 8.68. The van der Waals surface area contributed by atoms with Gasteiger partial charge in [-0.3, -0.25) is 4.79 Å². The molecule has 7 nitrogen and oxygen atoms in total. The summed E-state index contributed by atoms with van der Waals surface area (Å²) in [6.45, 7) is 2.51. The molecule has 3 rings (SSSR count). The van der Waals surface area contributed by atoms with Crippen molar-refractivity contribution in [3.8, 4) is 17.2 Å². The van der Waals surface area contributed by atoms with Crippen LogP contribution in [0.2, 0.25) is 0 Å². The highest BCUT2D eigenvalue weighted by Crippen LogP contribution is 2.18. The van der Waals surface area contributed by atoms with Crippen LogP contribution >= 0.6 is 15.9 Å². The van der Waals surface area contributed by atoms with Crippen LogP contribution in [0.3, 0.4) is 0 Å². The molecule has 3 aromatic rings. The standard InChI is InChI=1S/C19H19BrN4O3/c1-13-18(22-23-24(13)15-6-4-7-16(12-15)26-2)19(25)21-9-10-27-17-8-3-5-14(20)11-17/h3-8,11-12H,9-10H2,1-2H3,(H,21,25). The molecule has 140 valence electrons. The van der Waals surface area contributed by atoms with Crippen LogP contribution in [-0.2, 0) is 0 Å². The van der Waals surface area contributed by atoms with E-state index in [2.05, 4.69) is 31.6 Å². The van der Waals surface area contributed by atoms with Gasteiger partial charge in [-0.25, -0.2) is 4.68 Å². The number of ether oxygens (including phenoxy) is 2. The van der Waals surface area contributed by atoms with Crippen molar-refractivity contribution in [2.75, 3.05) is 20.3 Å². The molecule has 0 saturated carbocycles. The molecule has 0 spiro atoms. The molecule has 0 fully saturated rings. The van der Waals surface area contributed by atoms with E-state index in [0.29, 0.717) is 24.6 Å². The number of hydrogen-bond donors (Lipinski definition) is 1. The van der Waals surface area contributed by atoms with Crippen molar-refractivity contribution in [1.82, 2.24) is 20.3 Å². The van der Waals surface area contributed by atoms with Gasteiger partial charge in [0, 0.05) is 10.5 Å². The minimum absolute atomic E-state index is 0.278. The van der Waals surface area contributed by atoms with E-state index in [1.807, 2.05) is 48.5 Å². The van der Waals surface area contributed by atoms with Gasteiger partial charge in [0.2, 0.25) is 0 Å². The Labute approximate surface area is 165 Å². The van der Waals surface area contributed by atoms with E-state index < -0.39 is 0 Å². The van der Waals surface area contributed by atoms with Crippen LogP contribution in [0, 0.1) is 6.92 Å². The highest BCUT2D eigenvalue weighted by Gasteiger charge is 2.17. The first-order valence-corrected chi connectivity index (χ1v) is 9.11. The Bertz CT molecular complexity index is 942. The van der Waals surface area contributed by atoms with Crippen molar-refractivity contribution < 1.29 is 14.3 Å². The maximum absolute atomic E-state index is 12.4. The van der Waals surface area contributed by atoms with Gasteiger partial charge in [0.1, 0.15) is 18.1 Å². The van der Waals surface area contributed by atoms with Crippen molar-refractivity contribution >= 4 is 21.8 Å². The number of nitrogens with one attached hydrogen (secondary N) is 1. The molecule has 0 aliphatic rings. The zero-order valence-electron chi connectivity index (χ0n) is 15.0. The average molecular weight is 431 g/mol. The predicted octanol–water partition coefficient (Wildman–Crippen LogP) is 3.16. The Balaban J connectivity index is 1.59. The van der Waals surface area contributed by atoms with Crippen LogP contribution in [0.25, 0.3) is 5.69 Å². The first-order valence-electron chi connectivity index (χ1n) is 8.32. The van der Waals surface area contributed by atoms with Gasteiger partial charge in [-0.1, -0.05) is 33.3 Å². The number of amides is 1. The Morgan fingerprint density at radius 1 is 1.19 bits per heavy atom. The topological polar surface area (TPSA) is 78.3 Å². The van der Waals surface area contributed by atoms with Gasteiger partial charge in [-0.15, -0.1) is 5.10 Å². The Morgan fingerprint density at radius 2 is 1.96 bits per heavy atom. The largest absolute Gasteiger partial charge is 0.497 e. The molecular weight excluding hydrogens is 412 g/mol. The number of hydrogen-bond acceptors (Lipinski definition) is 5. The van der Waals surface area contributed by atoms with Crippen molar-refractivity contribution in [2.45, 2.75) is 6.92 Å². The summed E-state index contributed by atoms with van der Waals surface area (Å²) in [7, 11) is 1.60. The molecule has 27 heavy (non-hydrogen) atoms. The summed E-state index contributed by atoms with van der Waals surface area (Å²) in [5.74, 6) is 1.15. The number of halogens is 1. The van der Waals surface area contributed by atoms with Crippen molar-refractivity contribution in [3.63, 3.8) is 0 Å². The number of carbonyl (C=O) groups is 1. The van der Waals surface area contributed by atoms with Crippen LogP contribution in [0.5, 0.6) is 11.5 Å². The Morgan fingerprint density at radius 3 is 2.74 bits per heavy atom. The molecule has 0 unspecified atom stereocenters. The number of methoxy groups -OCH3 is 1. The van der Waals surface area contributed by atoms with Gasteiger partial charge in [-0.05, 0) is 37.3 Å². The Kier molecular flexibility index (Phi) is 6.08. The summed E-state index contributed by atoms with van der Waals surface area (Å²) in [4.78, 5) is 12.4. The number of rotatable bonds is 7. The fourth-order valence-corrected chi connectivity index (χ4v) is 2.88. The molecule has 0 radical (unpaired) electrons. The third-order valence-corrected chi connectivity index (χ3v) is 4.35. The van der Waals surface area contributed by atoms with Crippen LogP contribution in [0.4, 0.5) is 0 Å². The molecular formula is C19H19BrN4O3. The quantitative estimate of drug-likeness (QED) is 0.582. The number of carbonyl (C=O) groups excluding carboxylic acids is 1. The van der Waals surface area contributed by atoms with Gasteiger partial charge in [0.15, 0.2) is 5.69 Å². The molecule has 8 heteroatoms. The van der Waals surface area contributed by atoms with E-state index >= 15 is 0 Å². The zero-order valence-corrected chi connectivity index (χ0v) is 16.6. The third kappa shape index (κ3) is 4.65. The van der Waals surface area contributed by atoms with E-state index in [1.165, 1.54) is 0 Å². The molecule has 1 N–H and O–H groups in total. The highest BCUT2D eigenvalue weighted by atomic mass is 79.9. The van der Waals surface area contributed by atoms with E-state index in [9.17, 15) is 4.79 Å². The summed E-state index contributed by atoms with van der Waals surface area (Å²) < 4.78 is 13.4. The molecule has 1 heterocycles. The fourth-order valence-electron chi connectivity index (χ4n) is 2.50. The summed E-state index contributed by atoms with van der Waals surface area (Å²) in [5, 5.41) is 10.9. The van der Waals surface area contributed by atoms with Crippen molar-refractivity contribution in [2.24, 2.45) is 0 Å². The second-order valence-corrected chi connectivity index (χ2v) is 6.61. The normalized spacial score (nSPS) is 10.5. The van der Waals surface area contributed by atoms with Gasteiger partial charge >= 0.3 is 0 Å². The fraction of sp³-hybridized carbons (Fsp3) is 0.211. The molecule has 0 aliphatic carbocycles. The lowest BCUT2D eigenvalue weighted by Crippen LogP contribution is -2.29. The minimum atomic E-state index is -0.292. The molecule has 0 bridgehead atoms. The molecule has 0 saturated heterocycles. The Hall–Kier alpha value is -2.87. The van der Waals surface area contributed by atoms with E-state index in [0.717, 1.165) is 15.9 Å². The van der Waals surface area contributed by atoms with E-state index in [4.69, 9.17) is 9.47 Å². The zero-order chi connectivity index (χ0) is 19.2. The second-order valence-electron chi connectivity index (χ2n) is 5.70. The maximum Gasteiger partial charge on any atom is 0.273 e. The summed E-state index contributed by atoms with van der Waals surface area (Å²) in [6.07, 6.45) is 0. The minimum Gasteiger partial charge on any atom is -0.497 e. The molecule has 0 atom stereocenters. The average Bonchev–Trinajstić information content (AvgIpc) is 3.06. The monoisotopic (exact) mass is 430 g/mol. The predicted molar refractivity (Wildman–Crippen MR) is 105 cm³/mol. The lowest BCUT2D eigenvalue weighted by atomic mass is 10.2. The van der Waals surface area contributed by atoms with Gasteiger partial charge in [0.25, 0.3) is 5.91 Å². The van der Waals surface area contributed by atoms with Crippen LogP contribution in [0.15, 0.2) is 53.0 Å². The lowest BCUT2D eigenvalue weighted by molar-refractivity contribution is 0.0941. The smallest absolute Gasteiger partial charge is 0.273 e. The number of nitrogens with zero attached hydrogens (tertiary/aromatic N) is 3. The third-order valence-electron chi connectivity index (χ3n) is 3.86. The van der Waals surface area contributed by atoms with Crippen molar-refractivity contribution in [1.29, 1.82) is 0 Å². The SMILES string of the molecule is COc1cccc(-n2nnc(C(=O)NCCOc3cccc(Br)c3)c2C)c1. The molecule has 0 aliphatic heterocycles. The number of aromatic nitrogens is 3. The van der Waals surface area contributed by atoms with Gasteiger partial charge in [0.05, 0.1) is 25.0 Å². The molecule has 2 aromatic carbocycles. The van der Waals surface area contributed by atoms with Crippen LogP contribution in [0.1, 0.15) is 16.2 Å². The van der Waals surface area contributed by atoms with E-state index in [1.54, 1.807) is 18.7 Å². The van der Waals surface area contributed by atoms with Crippen LogP contribution in [-0.4, -0.2) is 41.2 Å². The summed E-state index contributed by atoms with van der Waals surface area (Å²) in [6, 6.07) is 14.9. The van der Waals surface area contributed by atoms with E-state index in [-0.39, 0.29) is 11.6 Å². The van der Waals surface area contributed by atoms with Gasteiger partial charge < -0.3 is 14.8 Å². The molecule has 1 aromatic heterocycles. The first kappa shape index (κ1) is 18.9. The molecule has 1 amide bonds. The van der Waals surface area contributed by atoms with Crippen molar-refractivity contribution in [3.05, 3.63) is 64.4 Å². The van der Waals surface area contributed by atoms with Gasteiger partial charge in [-0.2, -0.15) is 0 Å². The summed E-state index contributed by atoms with van der Waals surface area (Å²) >= 11 is 3.39. The number of benzene rings is 2. The lowest BCUT2D eigenvalue weighted by Gasteiger charge is -2.08. The maximum atomic E-state index is 12.4. The first-order chi connectivity index (χ1) is 13.1.